The first-order valence-corrected chi connectivity index (χ1v) is 16.7. The Bertz CT molecular complexity index is 1570. The van der Waals surface area contributed by atoms with Crippen LogP contribution >= 0.6 is 23.4 Å². The van der Waals surface area contributed by atoms with Gasteiger partial charge in [0.1, 0.15) is 5.75 Å². The highest BCUT2D eigenvalue weighted by molar-refractivity contribution is 7.99. The number of carboxylic acids is 5. The Kier molecular flexibility index (Phi) is 19.2. The second kappa shape index (κ2) is 23.3. The number of hydrogen-bond donors (Lipinski definition) is 5. The molecule has 51 heavy (non-hydrogen) atoms. The first-order valence-electron chi connectivity index (χ1n) is 15.5. The van der Waals surface area contributed by atoms with Crippen LogP contribution in [0.25, 0.3) is 0 Å². The summed E-state index contributed by atoms with van der Waals surface area (Å²) in [5, 5.41) is 41.2. The fraction of sp³-hybridized carbons (Fsp3) is 0.250. The molecule has 0 radical (unpaired) electrons. The smallest absolute Gasteiger partial charge is 0.328 e. The normalized spacial score (nSPS) is 13.0. The average molecular weight is 743 g/mol. The van der Waals surface area contributed by atoms with Crippen molar-refractivity contribution in [2.75, 3.05) is 39.3 Å². The molecular formula is C36H39ClN2O11S. The van der Waals surface area contributed by atoms with Gasteiger partial charge in [-0.25, -0.2) is 19.2 Å². The van der Waals surface area contributed by atoms with E-state index < -0.39 is 29.8 Å². The van der Waals surface area contributed by atoms with Crippen molar-refractivity contribution in [1.82, 2.24) is 9.80 Å². The lowest BCUT2D eigenvalue weighted by molar-refractivity contribution is -0.136. The first kappa shape index (κ1) is 42.0. The molecule has 0 unspecified atom stereocenters. The fourth-order valence-corrected chi connectivity index (χ4v) is 5.50. The summed E-state index contributed by atoms with van der Waals surface area (Å²) in [5.41, 5.74) is 2.14. The predicted octanol–water partition coefficient (Wildman–Crippen LogP) is 5.13. The number of hydrogen-bond acceptors (Lipinski definition) is 9. The van der Waals surface area contributed by atoms with Crippen LogP contribution in [0.2, 0.25) is 5.02 Å². The lowest BCUT2D eigenvalue weighted by Crippen LogP contribution is -2.46. The van der Waals surface area contributed by atoms with Crippen LogP contribution in [-0.2, 0) is 36.9 Å². The van der Waals surface area contributed by atoms with Crippen LogP contribution < -0.4 is 4.74 Å². The molecule has 4 rings (SSSR count). The summed E-state index contributed by atoms with van der Waals surface area (Å²) in [6, 6.07) is 23.8. The summed E-state index contributed by atoms with van der Waals surface area (Å²) in [6.07, 6.45) is 3.26. The molecule has 1 aliphatic heterocycles. The second-order valence-corrected chi connectivity index (χ2v) is 12.3. The van der Waals surface area contributed by atoms with Gasteiger partial charge < -0.3 is 35.2 Å². The lowest BCUT2D eigenvalue weighted by Gasteiger charge is -2.34. The van der Waals surface area contributed by atoms with Gasteiger partial charge in [-0.05, 0) is 60.0 Å². The van der Waals surface area contributed by atoms with Crippen molar-refractivity contribution in [2.24, 2.45) is 0 Å². The van der Waals surface area contributed by atoms with Crippen molar-refractivity contribution >= 4 is 53.2 Å². The molecule has 3 aromatic carbocycles. The van der Waals surface area contributed by atoms with E-state index in [0.29, 0.717) is 30.9 Å². The van der Waals surface area contributed by atoms with E-state index in [9.17, 15) is 24.0 Å². The standard InChI is InChI=1S/C28H31ClN2O3S.2C4H4O4/c29-24-8-6-22(7-9-24)21-31-17-15-30(16-18-31)14-3-19-34-25-10-12-26(13-11-25)35-27-5-2-1-4-23(27)20-28(32)33;2*5-3(6)1-2-4(7)8/h1-2,4-13H,3,14-21H2,(H,32,33);2*1-2H,(H,5,6)(H,7,8)/b;2*2-1-. The number of aliphatic carboxylic acids is 5. The van der Waals surface area contributed by atoms with Crippen LogP contribution in [0.15, 0.2) is 107 Å². The van der Waals surface area contributed by atoms with Gasteiger partial charge >= 0.3 is 29.8 Å². The average Bonchev–Trinajstić information content (AvgIpc) is 3.08. The number of piperazine rings is 1. The summed E-state index contributed by atoms with van der Waals surface area (Å²) >= 11 is 7.56. The molecule has 1 fully saturated rings. The molecule has 15 heteroatoms. The molecule has 0 amide bonds. The molecule has 0 saturated carbocycles. The zero-order valence-corrected chi connectivity index (χ0v) is 29.0. The molecular weight excluding hydrogens is 704 g/mol. The predicted molar refractivity (Wildman–Crippen MR) is 190 cm³/mol. The number of benzene rings is 3. The Morgan fingerprint density at radius 1 is 0.686 bits per heavy atom. The number of nitrogens with zero attached hydrogens (tertiary/aromatic N) is 2. The van der Waals surface area contributed by atoms with Crippen molar-refractivity contribution in [1.29, 1.82) is 0 Å². The molecule has 0 spiro atoms. The first-order chi connectivity index (χ1) is 24.3. The summed E-state index contributed by atoms with van der Waals surface area (Å²) in [7, 11) is 0. The molecule has 1 heterocycles. The summed E-state index contributed by atoms with van der Waals surface area (Å²) < 4.78 is 5.95. The van der Waals surface area contributed by atoms with Gasteiger partial charge in [-0.15, -0.1) is 0 Å². The monoisotopic (exact) mass is 742 g/mol. The SMILES string of the molecule is O=C(O)/C=C\C(=O)O.O=C(O)/C=C\C(=O)O.O=C(O)Cc1ccccc1Sc1ccc(OCCCN2CCN(Cc3ccc(Cl)cc3)CC2)cc1. The minimum atomic E-state index is -1.26. The number of carboxylic acid groups (broad SMARTS) is 5. The summed E-state index contributed by atoms with van der Waals surface area (Å²) in [5.74, 6) is -4.98. The van der Waals surface area contributed by atoms with Crippen molar-refractivity contribution < 1.29 is 54.2 Å². The van der Waals surface area contributed by atoms with Crippen molar-refractivity contribution in [3.05, 3.63) is 113 Å². The lowest BCUT2D eigenvalue weighted by atomic mass is 10.1. The minimum absolute atomic E-state index is 0.0295. The number of ether oxygens (including phenoxy) is 1. The highest BCUT2D eigenvalue weighted by Gasteiger charge is 2.16. The Labute approximate surface area is 304 Å². The van der Waals surface area contributed by atoms with E-state index in [2.05, 4.69) is 21.9 Å². The quantitative estimate of drug-likeness (QED) is 0.101. The van der Waals surface area contributed by atoms with Crippen LogP contribution in [-0.4, -0.2) is 105 Å². The molecule has 13 nitrogen and oxygen atoms in total. The Balaban J connectivity index is 0.000000468. The zero-order valence-electron chi connectivity index (χ0n) is 27.5. The van der Waals surface area contributed by atoms with Crippen LogP contribution in [0, 0.1) is 0 Å². The highest BCUT2D eigenvalue weighted by atomic mass is 35.5. The molecule has 1 saturated heterocycles. The largest absolute Gasteiger partial charge is 0.494 e. The van der Waals surface area contributed by atoms with Crippen LogP contribution in [0.4, 0.5) is 0 Å². The number of carbonyl (C=O) groups is 5. The van der Waals surface area contributed by atoms with E-state index in [1.54, 1.807) is 11.8 Å². The third kappa shape index (κ3) is 19.6. The van der Waals surface area contributed by atoms with Crippen molar-refractivity contribution in [2.45, 2.75) is 29.2 Å². The molecule has 3 aromatic rings. The van der Waals surface area contributed by atoms with E-state index >= 15 is 0 Å². The molecule has 0 aliphatic carbocycles. The van der Waals surface area contributed by atoms with E-state index in [4.69, 9.17) is 41.9 Å². The summed E-state index contributed by atoms with van der Waals surface area (Å²) in [4.78, 5) is 56.4. The van der Waals surface area contributed by atoms with Crippen molar-refractivity contribution in [3.63, 3.8) is 0 Å². The molecule has 5 N–H and O–H groups in total. The van der Waals surface area contributed by atoms with Gasteiger partial charge in [0.15, 0.2) is 0 Å². The molecule has 0 bridgehead atoms. The van der Waals surface area contributed by atoms with Gasteiger partial charge in [-0.1, -0.05) is 53.7 Å². The van der Waals surface area contributed by atoms with Gasteiger partial charge in [0.2, 0.25) is 0 Å². The van der Waals surface area contributed by atoms with Gasteiger partial charge in [0.25, 0.3) is 0 Å². The third-order valence-electron chi connectivity index (χ3n) is 6.77. The van der Waals surface area contributed by atoms with Gasteiger partial charge in [0, 0.05) is 78.4 Å². The number of halogens is 1. The van der Waals surface area contributed by atoms with Gasteiger partial charge in [-0.2, -0.15) is 0 Å². The minimum Gasteiger partial charge on any atom is -0.494 e. The third-order valence-corrected chi connectivity index (χ3v) is 8.15. The zero-order chi connectivity index (χ0) is 37.6. The van der Waals surface area contributed by atoms with Crippen LogP contribution in [0.1, 0.15) is 17.5 Å². The van der Waals surface area contributed by atoms with E-state index in [0.717, 1.165) is 71.8 Å². The van der Waals surface area contributed by atoms with Crippen LogP contribution in [0.5, 0.6) is 5.75 Å². The molecule has 0 aromatic heterocycles. The molecule has 272 valence electrons. The highest BCUT2D eigenvalue weighted by Crippen LogP contribution is 2.31. The van der Waals surface area contributed by atoms with E-state index in [1.165, 1.54) is 5.56 Å². The van der Waals surface area contributed by atoms with Gasteiger partial charge in [0.05, 0.1) is 13.0 Å². The maximum absolute atomic E-state index is 11.1. The van der Waals surface area contributed by atoms with Crippen LogP contribution in [0.3, 0.4) is 0 Å². The molecule has 0 atom stereocenters. The Hall–Kier alpha value is -5.15. The Morgan fingerprint density at radius 2 is 1.20 bits per heavy atom. The summed E-state index contributed by atoms with van der Waals surface area (Å²) in [6.45, 7) is 7.05. The maximum atomic E-state index is 11.1. The van der Waals surface area contributed by atoms with E-state index in [-0.39, 0.29) is 6.42 Å². The second-order valence-electron chi connectivity index (χ2n) is 10.7. The fourth-order valence-electron chi connectivity index (χ4n) is 4.43. The Morgan fingerprint density at radius 3 is 1.71 bits per heavy atom. The topological polar surface area (TPSA) is 202 Å². The van der Waals surface area contributed by atoms with Gasteiger partial charge in [-0.3, -0.25) is 9.69 Å². The molecule has 1 aliphatic rings. The van der Waals surface area contributed by atoms with Crippen molar-refractivity contribution in [3.8, 4) is 5.75 Å². The number of rotatable bonds is 15. The maximum Gasteiger partial charge on any atom is 0.328 e. The van der Waals surface area contributed by atoms with E-state index in [1.807, 2.05) is 60.7 Å².